The van der Waals surface area contributed by atoms with Crippen LogP contribution < -0.4 is 4.74 Å². The van der Waals surface area contributed by atoms with Gasteiger partial charge in [-0.3, -0.25) is 0 Å². The van der Waals surface area contributed by atoms with Gasteiger partial charge >= 0.3 is 0 Å². The van der Waals surface area contributed by atoms with Crippen LogP contribution in [-0.4, -0.2) is 12.2 Å². The highest BCUT2D eigenvalue weighted by Crippen LogP contribution is 2.29. The van der Waals surface area contributed by atoms with E-state index >= 15 is 0 Å². The van der Waals surface area contributed by atoms with Crippen LogP contribution in [0.25, 0.3) is 0 Å². The molecule has 0 fully saturated rings. The van der Waals surface area contributed by atoms with E-state index in [4.69, 9.17) is 16.3 Å². The molecule has 0 amide bonds. The number of hydrogen-bond donors (Lipinski definition) is 1. The number of aliphatic hydroxyl groups excluding tert-OH is 1. The normalized spacial score (nSPS) is 12.2. The van der Waals surface area contributed by atoms with Crippen molar-refractivity contribution in [1.82, 2.24) is 0 Å². The molecule has 2 rings (SSSR count). The highest BCUT2D eigenvalue weighted by molar-refractivity contribution is 9.10. The van der Waals surface area contributed by atoms with Crippen LogP contribution >= 0.6 is 27.5 Å². The van der Waals surface area contributed by atoms with Crippen LogP contribution in [0.2, 0.25) is 5.02 Å². The summed E-state index contributed by atoms with van der Waals surface area (Å²) < 4.78 is 6.30. The number of halogens is 2. The molecule has 2 nitrogen and oxygen atoms in total. The molecule has 1 N–H and O–H groups in total. The minimum Gasteiger partial charge on any atom is -0.496 e. The van der Waals surface area contributed by atoms with E-state index in [2.05, 4.69) is 15.9 Å². The van der Waals surface area contributed by atoms with Crippen molar-refractivity contribution in [3.05, 3.63) is 62.6 Å². The lowest BCUT2D eigenvalue weighted by atomic mass is 9.97. The second-order valence-electron chi connectivity index (χ2n) is 4.68. The molecule has 0 spiro atoms. The highest BCUT2D eigenvalue weighted by Gasteiger charge is 2.14. The van der Waals surface area contributed by atoms with E-state index in [1.165, 1.54) is 0 Å². The topological polar surface area (TPSA) is 29.5 Å². The zero-order valence-electron chi connectivity index (χ0n) is 11.4. The number of ether oxygens (including phenoxy) is 1. The molecule has 0 radical (unpaired) electrons. The van der Waals surface area contributed by atoms with E-state index in [-0.39, 0.29) is 0 Å². The first kappa shape index (κ1) is 15.4. The summed E-state index contributed by atoms with van der Waals surface area (Å²) in [6.45, 7) is 1.95. The number of aliphatic hydroxyl groups is 1. The Labute approximate surface area is 132 Å². The maximum absolute atomic E-state index is 10.4. The van der Waals surface area contributed by atoms with Gasteiger partial charge in [0.25, 0.3) is 0 Å². The maximum atomic E-state index is 10.4. The third kappa shape index (κ3) is 3.54. The standard InChI is InChI=1S/C16H16BrClO2/c1-10-7-13(18)4-5-14(10)15(19)9-11-8-12(17)3-6-16(11)20-2/h3-8,15,19H,9H2,1-2H3. The summed E-state index contributed by atoms with van der Waals surface area (Å²) in [7, 11) is 1.63. The van der Waals surface area contributed by atoms with Gasteiger partial charge in [0.05, 0.1) is 13.2 Å². The Morgan fingerprint density at radius 2 is 2.00 bits per heavy atom. The Hall–Kier alpha value is -1.03. The van der Waals surface area contributed by atoms with Crippen LogP contribution in [0, 0.1) is 6.92 Å². The van der Waals surface area contributed by atoms with Crippen molar-refractivity contribution in [2.75, 3.05) is 7.11 Å². The van der Waals surface area contributed by atoms with Crippen LogP contribution in [-0.2, 0) is 6.42 Å². The number of methoxy groups -OCH3 is 1. The van der Waals surface area contributed by atoms with Gasteiger partial charge in [-0.1, -0.05) is 33.6 Å². The third-order valence-corrected chi connectivity index (χ3v) is 3.97. The molecule has 0 aliphatic rings. The molecule has 106 valence electrons. The molecule has 2 aromatic rings. The van der Waals surface area contributed by atoms with Crippen LogP contribution in [0.5, 0.6) is 5.75 Å². The first-order valence-electron chi connectivity index (χ1n) is 6.28. The predicted octanol–water partition coefficient (Wildman–Crippen LogP) is 4.70. The molecule has 1 atom stereocenters. The van der Waals surface area contributed by atoms with Crippen molar-refractivity contribution in [1.29, 1.82) is 0 Å². The number of aryl methyl sites for hydroxylation is 1. The SMILES string of the molecule is COc1ccc(Br)cc1CC(O)c1ccc(Cl)cc1C. The molecular weight excluding hydrogens is 340 g/mol. The molecular formula is C16H16BrClO2. The molecule has 0 heterocycles. The Balaban J connectivity index is 2.27. The first-order valence-corrected chi connectivity index (χ1v) is 7.45. The third-order valence-electron chi connectivity index (χ3n) is 3.25. The average molecular weight is 356 g/mol. The van der Waals surface area contributed by atoms with Crippen molar-refractivity contribution in [3.8, 4) is 5.75 Å². The van der Waals surface area contributed by atoms with Crippen LogP contribution in [0.3, 0.4) is 0 Å². The van der Waals surface area contributed by atoms with Crippen molar-refractivity contribution < 1.29 is 9.84 Å². The Morgan fingerprint density at radius 3 is 2.65 bits per heavy atom. The van der Waals surface area contributed by atoms with E-state index in [1.807, 2.05) is 37.3 Å². The lowest BCUT2D eigenvalue weighted by Gasteiger charge is -2.16. The largest absolute Gasteiger partial charge is 0.496 e. The fraction of sp³-hybridized carbons (Fsp3) is 0.250. The first-order chi connectivity index (χ1) is 9.51. The van der Waals surface area contributed by atoms with Crippen LogP contribution in [0.4, 0.5) is 0 Å². The zero-order valence-corrected chi connectivity index (χ0v) is 13.7. The molecule has 20 heavy (non-hydrogen) atoms. The van der Waals surface area contributed by atoms with Crippen LogP contribution in [0.15, 0.2) is 40.9 Å². The molecule has 0 saturated carbocycles. The fourth-order valence-corrected chi connectivity index (χ4v) is 2.87. The highest BCUT2D eigenvalue weighted by atomic mass is 79.9. The molecule has 4 heteroatoms. The number of hydrogen-bond acceptors (Lipinski definition) is 2. The summed E-state index contributed by atoms with van der Waals surface area (Å²) in [6, 6.07) is 11.3. The molecule has 0 aliphatic heterocycles. The summed E-state index contributed by atoms with van der Waals surface area (Å²) in [6.07, 6.45) is -0.0964. The second kappa shape index (κ2) is 6.61. The Bertz CT molecular complexity index is 613. The summed E-state index contributed by atoms with van der Waals surface area (Å²) in [5, 5.41) is 11.1. The smallest absolute Gasteiger partial charge is 0.122 e. The van der Waals surface area contributed by atoms with E-state index in [1.54, 1.807) is 13.2 Å². The summed E-state index contributed by atoms with van der Waals surface area (Å²) >= 11 is 9.38. The number of rotatable bonds is 4. The summed E-state index contributed by atoms with van der Waals surface area (Å²) in [4.78, 5) is 0. The van der Waals surface area contributed by atoms with Gasteiger partial charge in [0.15, 0.2) is 0 Å². The van der Waals surface area contributed by atoms with Gasteiger partial charge in [-0.2, -0.15) is 0 Å². The molecule has 1 unspecified atom stereocenters. The summed E-state index contributed by atoms with van der Waals surface area (Å²) in [5.41, 5.74) is 2.83. The van der Waals surface area contributed by atoms with Gasteiger partial charge in [0.1, 0.15) is 5.75 Å². The fourth-order valence-electron chi connectivity index (χ4n) is 2.24. The minimum atomic E-state index is -0.588. The molecule has 2 aromatic carbocycles. The van der Waals surface area contributed by atoms with Gasteiger partial charge in [0.2, 0.25) is 0 Å². The molecule has 0 saturated heterocycles. The Morgan fingerprint density at radius 1 is 1.25 bits per heavy atom. The van der Waals surface area contributed by atoms with Crippen molar-refractivity contribution in [3.63, 3.8) is 0 Å². The second-order valence-corrected chi connectivity index (χ2v) is 6.03. The van der Waals surface area contributed by atoms with Gasteiger partial charge in [-0.15, -0.1) is 0 Å². The average Bonchev–Trinajstić information content (AvgIpc) is 2.38. The van der Waals surface area contributed by atoms with Gasteiger partial charge < -0.3 is 9.84 Å². The monoisotopic (exact) mass is 354 g/mol. The summed E-state index contributed by atoms with van der Waals surface area (Å²) in [5.74, 6) is 0.777. The lowest BCUT2D eigenvalue weighted by Crippen LogP contribution is -2.05. The van der Waals surface area contributed by atoms with Crippen molar-refractivity contribution >= 4 is 27.5 Å². The minimum absolute atomic E-state index is 0.491. The van der Waals surface area contributed by atoms with Gasteiger partial charge in [0, 0.05) is 15.9 Å². The molecule has 0 aliphatic carbocycles. The van der Waals surface area contributed by atoms with Crippen molar-refractivity contribution in [2.24, 2.45) is 0 Å². The van der Waals surface area contributed by atoms with Gasteiger partial charge in [-0.05, 0) is 53.9 Å². The van der Waals surface area contributed by atoms with E-state index in [0.717, 1.165) is 26.9 Å². The zero-order chi connectivity index (χ0) is 14.7. The van der Waals surface area contributed by atoms with E-state index in [0.29, 0.717) is 11.4 Å². The van der Waals surface area contributed by atoms with E-state index < -0.39 is 6.10 Å². The van der Waals surface area contributed by atoms with E-state index in [9.17, 15) is 5.11 Å². The predicted molar refractivity (Wildman–Crippen MR) is 85.5 cm³/mol. The Kier molecular flexibility index (Phi) is 5.08. The van der Waals surface area contributed by atoms with Crippen LogP contribution in [0.1, 0.15) is 22.8 Å². The van der Waals surface area contributed by atoms with Gasteiger partial charge in [-0.25, -0.2) is 0 Å². The molecule has 0 aromatic heterocycles. The maximum Gasteiger partial charge on any atom is 0.122 e. The molecule has 0 bridgehead atoms. The van der Waals surface area contributed by atoms with Crippen molar-refractivity contribution in [2.45, 2.75) is 19.4 Å². The quantitative estimate of drug-likeness (QED) is 0.861. The lowest BCUT2D eigenvalue weighted by molar-refractivity contribution is 0.176. The number of benzene rings is 2.